The first kappa shape index (κ1) is 17.2. The Hall–Kier alpha value is -2.67. The van der Waals surface area contributed by atoms with Crippen molar-refractivity contribution < 1.29 is 14.6 Å². The molecule has 7 nitrogen and oxygen atoms in total. The number of carbonyl (C=O) groups is 1. The van der Waals surface area contributed by atoms with Gasteiger partial charge >= 0.3 is 0 Å². The van der Waals surface area contributed by atoms with Crippen LogP contribution in [-0.2, 0) is 23.4 Å². The highest BCUT2D eigenvalue weighted by Crippen LogP contribution is 2.27. The fraction of sp³-hybridized carbons (Fsp3) is 0.389. The van der Waals surface area contributed by atoms with Gasteiger partial charge < -0.3 is 15.2 Å². The minimum atomic E-state index is -0.809. The molecule has 1 aliphatic rings. The summed E-state index contributed by atoms with van der Waals surface area (Å²) in [5.41, 5.74) is 0.297. The predicted octanol–water partition coefficient (Wildman–Crippen LogP) is 1.45. The molecule has 0 aliphatic carbocycles. The van der Waals surface area contributed by atoms with E-state index >= 15 is 0 Å². The van der Waals surface area contributed by atoms with Crippen molar-refractivity contribution in [2.45, 2.75) is 39.5 Å². The van der Waals surface area contributed by atoms with Gasteiger partial charge in [-0.2, -0.15) is 0 Å². The number of carbonyl (C=O) groups excluding carboxylic acids is 1. The van der Waals surface area contributed by atoms with Crippen LogP contribution in [0.2, 0.25) is 0 Å². The number of hydrogen-bond acceptors (Lipinski definition) is 5. The number of benzene rings is 1. The van der Waals surface area contributed by atoms with E-state index in [4.69, 9.17) is 4.74 Å². The van der Waals surface area contributed by atoms with E-state index in [0.717, 1.165) is 11.1 Å². The smallest absolute Gasteiger partial charge is 0.296 e. The third kappa shape index (κ3) is 3.28. The van der Waals surface area contributed by atoms with Gasteiger partial charge in [-0.25, -0.2) is 4.98 Å². The van der Waals surface area contributed by atoms with Crippen molar-refractivity contribution in [2.75, 3.05) is 6.61 Å². The number of aromatic hydroxyl groups is 1. The van der Waals surface area contributed by atoms with Gasteiger partial charge in [0.05, 0.1) is 13.2 Å². The number of ether oxygens (including phenoxy) is 1. The summed E-state index contributed by atoms with van der Waals surface area (Å²) in [6.45, 7) is 6.43. The van der Waals surface area contributed by atoms with Crippen LogP contribution in [0.1, 0.15) is 41.3 Å². The topological polar surface area (TPSA) is 93.5 Å². The summed E-state index contributed by atoms with van der Waals surface area (Å²) in [5.74, 6) is -0.897. The van der Waals surface area contributed by atoms with E-state index < -0.39 is 22.8 Å². The molecule has 0 radical (unpaired) electrons. The van der Waals surface area contributed by atoms with E-state index in [0.29, 0.717) is 19.0 Å². The molecule has 25 heavy (non-hydrogen) atoms. The molecule has 0 fully saturated rings. The molecule has 1 aromatic carbocycles. The van der Waals surface area contributed by atoms with Crippen LogP contribution in [-0.4, -0.2) is 27.2 Å². The number of rotatable bonds is 3. The number of aromatic nitrogens is 2. The molecular weight excluding hydrogens is 322 g/mol. The number of nitrogens with zero attached hydrogens (tertiary/aromatic N) is 2. The Bertz CT molecular complexity index is 886. The first-order valence-electron chi connectivity index (χ1n) is 8.11. The summed E-state index contributed by atoms with van der Waals surface area (Å²) in [6.07, 6.45) is 0. The van der Waals surface area contributed by atoms with Gasteiger partial charge in [0, 0.05) is 6.54 Å². The van der Waals surface area contributed by atoms with E-state index in [1.54, 1.807) is 13.8 Å². The predicted molar refractivity (Wildman–Crippen MR) is 91.5 cm³/mol. The Labute approximate surface area is 145 Å². The lowest BCUT2D eigenvalue weighted by molar-refractivity contribution is -0.0566. The highest BCUT2D eigenvalue weighted by atomic mass is 16.5. The van der Waals surface area contributed by atoms with Crippen LogP contribution in [0.3, 0.4) is 0 Å². The van der Waals surface area contributed by atoms with Crippen LogP contribution >= 0.6 is 0 Å². The van der Waals surface area contributed by atoms with Gasteiger partial charge in [0.15, 0.2) is 5.69 Å². The van der Waals surface area contributed by atoms with E-state index in [2.05, 4.69) is 10.3 Å². The van der Waals surface area contributed by atoms with Gasteiger partial charge in [-0.15, -0.1) is 0 Å². The summed E-state index contributed by atoms with van der Waals surface area (Å²) in [6, 6.07) is 7.70. The van der Waals surface area contributed by atoms with Crippen molar-refractivity contribution >= 4 is 5.91 Å². The second kappa shape index (κ2) is 6.33. The molecular formula is C18H21N3O4. The van der Waals surface area contributed by atoms with Crippen LogP contribution in [0.5, 0.6) is 5.75 Å². The summed E-state index contributed by atoms with van der Waals surface area (Å²) in [4.78, 5) is 29.1. The Balaban J connectivity index is 1.90. The monoisotopic (exact) mass is 343 g/mol. The minimum Gasteiger partial charge on any atom is -0.501 e. The molecule has 2 aromatic rings. The maximum absolute atomic E-state index is 12.5. The van der Waals surface area contributed by atoms with Crippen LogP contribution in [0, 0.1) is 6.92 Å². The lowest BCUT2D eigenvalue weighted by atomic mass is 10.1. The molecule has 2 N–H and O–H groups in total. The van der Waals surface area contributed by atoms with Crippen LogP contribution in [0.15, 0.2) is 29.1 Å². The van der Waals surface area contributed by atoms with Crippen molar-refractivity contribution in [2.24, 2.45) is 0 Å². The van der Waals surface area contributed by atoms with Crippen LogP contribution in [0.4, 0.5) is 0 Å². The number of amides is 1. The number of fused-ring (bicyclic) bond motifs is 1. The first-order chi connectivity index (χ1) is 11.8. The van der Waals surface area contributed by atoms with Gasteiger partial charge in [0.2, 0.25) is 5.75 Å². The standard InChI is InChI=1S/C18H21N3O4/c1-11-5-4-6-12(9-11)10-19-15(23)13-14(22)16(24)21-7-8-25-18(2,3)17(21)20-13/h4-6,9,22H,7-8,10H2,1-3H3,(H,19,23). The van der Waals surface area contributed by atoms with Crippen molar-refractivity contribution in [3.05, 3.63) is 57.3 Å². The van der Waals surface area contributed by atoms with Crippen molar-refractivity contribution in [3.8, 4) is 5.75 Å². The Morgan fingerprint density at radius 2 is 2.20 bits per heavy atom. The molecule has 2 heterocycles. The minimum absolute atomic E-state index is 0.275. The summed E-state index contributed by atoms with van der Waals surface area (Å²) in [5, 5.41) is 12.8. The van der Waals surface area contributed by atoms with Crippen molar-refractivity contribution in [3.63, 3.8) is 0 Å². The molecule has 132 valence electrons. The summed E-state index contributed by atoms with van der Waals surface area (Å²) < 4.78 is 6.99. The first-order valence-corrected chi connectivity index (χ1v) is 8.11. The largest absolute Gasteiger partial charge is 0.501 e. The molecule has 0 unspecified atom stereocenters. The second-order valence-electron chi connectivity index (χ2n) is 6.62. The SMILES string of the molecule is Cc1cccc(CNC(=O)c2nc3n(c(=O)c2O)CCOC3(C)C)c1. The van der Waals surface area contributed by atoms with E-state index in [1.807, 2.05) is 31.2 Å². The third-order valence-corrected chi connectivity index (χ3v) is 4.21. The fourth-order valence-electron chi connectivity index (χ4n) is 2.91. The van der Waals surface area contributed by atoms with E-state index in [9.17, 15) is 14.7 Å². The van der Waals surface area contributed by atoms with Crippen LogP contribution < -0.4 is 10.9 Å². The maximum Gasteiger partial charge on any atom is 0.296 e. The van der Waals surface area contributed by atoms with Gasteiger partial charge in [0.1, 0.15) is 11.4 Å². The summed E-state index contributed by atoms with van der Waals surface area (Å²) in [7, 11) is 0. The average Bonchev–Trinajstić information content (AvgIpc) is 2.56. The van der Waals surface area contributed by atoms with Gasteiger partial charge in [-0.3, -0.25) is 14.2 Å². The Morgan fingerprint density at radius 3 is 2.92 bits per heavy atom. The molecule has 1 aliphatic heterocycles. The zero-order valence-corrected chi connectivity index (χ0v) is 14.5. The normalized spacial score (nSPS) is 15.5. The quantitative estimate of drug-likeness (QED) is 0.880. The second-order valence-corrected chi connectivity index (χ2v) is 6.62. The van der Waals surface area contributed by atoms with Gasteiger partial charge in [-0.05, 0) is 26.3 Å². The summed E-state index contributed by atoms with van der Waals surface area (Å²) >= 11 is 0. The third-order valence-electron chi connectivity index (χ3n) is 4.21. The number of nitrogens with one attached hydrogen (secondary N) is 1. The molecule has 7 heteroatoms. The number of hydrogen-bond donors (Lipinski definition) is 2. The lowest BCUT2D eigenvalue weighted by Crippen LogP contribution is -2.42. The maximum atomic E-state index is 12.5. The number of aryl methyl sites for hydroxylation is 1. The molecule has 0 atom stereocenters. The Morgan fingerprint density at radius 1 is 1.44 bits per heavy atom. The molecule has 0 spiro atoms. The molecule has 3 rings (SSSR count). The highest BCUT2D eigenvalue weighted by Gasteiger charge is 2.34. The fourth-order valence-corrected chi connectivity index (χ4v) is 2.91. The average molecular weight is 343 g/mol. The zero-order valence-electron chi connectivity index (χ0n) is 14.5. The van der Waals surface area contributed by atoms with E-state index in [-0.39, 0.29) is 12.2 Å². The molecule has 1 amide bonds. The molecule has 0 bridgehead atoms. The molecule has 1 aromatic heterocycles. The van der Waals surface area contributed by atoms with Gasteiger partial charge in [0.25, 0.3) is 11.5 Å². The van der Waals surface area contributed by atoms with Crippen molar-refractivity contribution in [1.82, 2.24) is 14.9 Å². The van der Waals surface area contributed by atoms with E-state index in [1.165, 1.54) is 4.57 Å². The lowest BCUT2D eigenvalue weighted by Gasteiger charge is -2.32. The zero-order chi connectivity index (χ0) is 18.2. The Kier molecular flexibility index (Phi) is 4.34. The van der Waals surface area contributed by atoms with Crippen molar-refractivity contribution in [1.29, 1.82) is 0 Å². The van der Waals surface area contributed by atoms with Gasteiger partial charge in [-0.1, -0.05) is 29.8 Å². The molecule has 0 saturated heterocycles. The van der Waals surface area contributed by atoms with Crippen LogP contribution in [0.25, 0.3) is 0 Å². The highest BCUT2D eigenvalue weighted by molar-refractivity contribution is 5.94. The molecule has 0 saturated carbocycles.